The largest absolute Gasteiger partial charge is 0.481 e. The van der Waals surface area contributed by atoms with Gasteiger partial charge in [-0.2, -0.15) is 0 Å². The molecule has 0 aliphatic rings. The summed E-state index contributed by atoms with van der Waals surface area (Å²) in [6.45, 7) is 0. The van der Waals surface area contributed by atoms with Gasteiger partial charge in [-0.3, -0.25) is 19.2 Å². The normalized spacial score (nSPS) is 14.5. The quantitative estimate of drug-likeness (QED) is 0.189. The van der Waals surface area contributed by atoms with Crippen LogP contribution >= 0.6 is 0 Å². The first-order valence-electron chi connectivity index (χ1n) is 6.43. The molecule has 0 bridgehead atoms. The Bertz CT molecular complexity index is 516. The van der Waals surface area contributed by atoms with Gasteiger partial charge in [0.15, 0.2) is 12.2 Å². The van der Waals surface area contributed by atoms with Gasteiger partial charge in [0.25, 0.3) is 0 Å². The number of aliphatic hydroxyl groups is 2. The summed E-state index contributed by atoms with van der Waals surface area (Å²) in [7, 11) is 0. The Kier molecular flexibility index (Phi) is 10.9. The third-order valence-corrected chi connectivity index (χ3v) is 2.69. The average Bonchev–Trinajstić information content (AvgIpc) is 2.48. The van der Waals surface area contributed by atoms with Crippen molar-refractivity contribution in [2.75, 3.05) is 0 Å². The van der Waals surface area contributed by atoms with Crippen LogP contribution in [-0.2, 0) is 28.8 Å². The summed E-state index contributed by atoms with van der Waals surface area (Å²) < 4.78 is 0. The molecule has 0 aliphatic heterocycles. The van der Waals surface area contributed by atoms with Gasteiger partial charge in [-0.05, 0) is 0 Å². The van der Waals surface area contributed by atoms with Crippen molar-refractivity contribution < 1.29 is 69.6 Å². The zero-order chi connectivity index (χ0) is 21.2. The fourth-order valence-corrected chi connectivity index (χ4v) is 1.39. The molecule has 0 aromatic heterocycles. The summed E-state index contributed by atoms with van der Waals surface area (Å²) in [6, 6.07) is 0. The van der Waals surface area contributed by atoms with Crippen molar-refractivity contribution in [2.24, 2.45) is 11.8 Å². The highest BCUT2D eigenvalue weighted by atomic mass is 16.4. The van der Waals surface area contributed by atoms with Crippen LogP contribution in [0.1, 0.15) is 12.8 Å². The summed E-state index contributed by atoms with van der Waals surface area (Å²) in [5, 5.41) is 67.0. The summed E-state index contributed by atoms with van der Waals surface area (Å²) in [5.41, 5.74) is 0. The first kappa shape index (κ1) is 25.0. The predicted molar refractivity (Wildman–Crippen MR) is 74.0 cm³/mol. The Morgan fingerprint density at radius 2 is 0.731 bits per heavy atom. The van der Waals surface area contributed by atoms with E-state index in [1.54, 1.807) is 0 Å². The zero-order valence-electron chi connectivity index (χ0n) is 12.8. The lowest BCUT2D eigenvalue weighted by Gasteiger charge is -2.12. The molecular formula is C12H16O14. The highest BCUT2D eigenvalue weighted by Gasteiger charge is 2.34. The highest BCUT2D eigenvalue weighted by Crippen LogP contribution is 2.10. The maximum atomic E-state index is 10.3. The molecule has 4 unspecified atom stereocenters. The van der Waals surface area contributed by atoms with E-state index in [1.807, 2.05) is 0 Å². The third kappa shape index (κ3) is 9.78. The van der Waals surface area contributed by atoms with E-state index in [0.29, 0.717) is 0 Å². The fraction of sp³-hybridized carbons (Fsp3) is 0.500. The van der Waals surface area contributed by atoms with Crippen molar-refractivity contribution in [1.82, 2.24) is 0 Å². The van der Waals surface area contributed by atoms with Gasteiger partial charge in [-0.15, -0.1) is 0 Å². The topological polar surface area (TPSA) is 264 Å². The second kappa shape index (κ2) is 11.3. The minimum Gasteiger partial charge on any atom is -0.481 e. The van der Waals surface area contributed by atoms with Crippen LogP contribution in [0.5, 0.6) is 0 Å². The van der Waals surface area contributed by atoms with E-state index < -0.39 is 72.7 Å². The Morgan fingerprint density at radius 1 is 0.500 bits per heavy atom. The number of aliphatic hydroxyl groups excluding tert-OH is 2. The number of hydrogen-bond acceptors (Lipinski definition) is 8. The zero-order valence-corrected chi connectivity index (χ0v) is 12.8. The van der Waals surface area contributed by atoms with Gasteiger partial charge in [-0.25, -0.2) is 9.59 Å². The van der Waals surface area contributed by atoms with Crippen LogP contribution in [0, 0.1) is 11.8 Å². The van der Waals surface area contributed by atoms with Crippen LogP contribution in [0.25, 0.3) is 0 Å². The summed E-state index contributed by atoms with van der Waals surface area (Å²) in [5.74, 6) is -13.4. The molecule has 0 aliphatic carbocycles. The van der Waals surface area contributed by atoms with E-state index in [2.05, 4.69) is 0 Å². The van der Waals surface area contributed by atoms with Gasteiger partial charge >= 0.3 is 35.8 Å². The second-order valence-electron chi connectivity index (χ2n) is 4.65. The lowest BCUT2D eigenvalue weighted by atomic mass is 9.99. The van der Waals surface area contributed by atoms with Crippen LogP contribution in [-0.4, -0.2) is 88.9 Å². The third-order valence-electron chi connectivity index (χ3n) is 2.69. The second-order valence-corrected chi connectivity index (χ2v) is 4.65. The molecule has 0 saturated carbocycles. The van der Waals surface area contributed by atoms with E-state index in [1.165, 1.54) is 0 Å². The molecule has 8 N–H and O–H groups in total. The first-order chi connectivity index (χ1) is 11.7. The molecule has 0 radical (unpaired) electrons. The maximum Gasteiger partial charge on any atom is 0.333 e. The van der Waals surface area contributed by atoms with Gasteiger partial charge in [0.05, 0.1) is 12.8 Å². The molecule has 14 nitrogen and oxygen atoms in total. The molecule has 0 fully saturated rings. The molecule has 14 heteroatoms. The number of rotatable bonds is 10. The monoisotopic (exact) mass is 384 g/mol. The molecule has 0 saturated heterocycles. The molecule has 0 aromatic rings. The van der Waals surface area contributed by atoms with Crippen LogP contribution in [0.4, 0.5) is 0 Å². The van der Waals surface area contributed by atoms with Crippen molar-refractivity contribution in [2.45, 2.75) is 25.0 Å². The minimum atomic E-state index is -2.20. The van der Waals surface area contributed by atoms with E-state index >= 15 is 0 Å². The Morgan fingerprint density at radius 3 is 0.846 bits per heavy atom. The van der Waals surface area contributed by atoms with Crippen molar-refractivity contribution in [3.63, 3.8) is 0 Å². The van der Waals surface area contributed by atoms with Gasteiger partial charge in [0, 0.05) is 0 Å². The molecule has 0 aromatic carbocycles. The Balaban J connectivity index is 0. The standard InChI is InChI=1S/2C6H8O7/c2*7-3(8)1-2(5(10)11)4(9)6(12)13/h2*2,4,9H,1H2,(H,7,8)(H,10,11)(H,12,13). The van der Waals surface area contributed by atoms with Gasteiger partial charge in [0.1, 0.15) is 11.8 Å². The van der Waals surface area contributed by atoms with E-state index in [9.17, 15) is 28.8 Å². The van der Waals surface area contributed by atoms with Crippen LogP contribution in [0.2, 0.25) is 0 Å². The van der Waals surface area contributed by atoms with Crippen molar-refractivity contribution >= 4 is 35.8 Å². The molecule has 0 heterocycles. The van der Waals surface area contributed by atoms with E-state index in [0.717, 1.165) is 0 Å². The molecule has 26 heavy (non-hydrogen) atoms. The predicted octanol–water partition coefficient (Wildman–Crippen LogP) is -2.79. The number of carboxylic acid groups (broad SMARTS) is 6. The molecule has 0 spiro atoms. The SMILES string of the molecule is O=C(O)CC(C(=O)O)C(O)C(=O)O.O=C(O)CC(C(=O)O)C(O)C(=O)O. The lowest BCUT2D eigenvalue weighted by Crippen LogP contribution is -2.36. The molecular weight excluding hydrogens is 368 g/mol. The molecule has 0 amide bonds. The summed E-state index contributed by atoms with van der Waals surface area (Å²) in [6.07, 6.45) is -6.26. The average molecular weight is 384 g/mol. The fourth-order valence-electron chi connectivity index (χ4n) is 1.39. The molecule has 148 valence electrons. The Hall–Kier alpha value is -3.26. The van der Waals surface area contributed by atoms with Crippen LogP contribution in [0.3, 0.4) is 0 Å². The van der Waals surface area contributed by atoms with E-state index in [-0.39, 0.29) is 0 Å². The van der Waals surface area contributed by atoms with Crippen molar-refractivity contribution in [1.29, 1.82) is 0 Å². The first-order valence-corrected chi connectivity index (χ1v) is 6.43. The van der Waals surface area contributed by atoms with Gasteiger partial charge in [0.2, 0.25) is 0 Å². The molecule has 0 rings (SSSR count). The van der Waals surface area contributed by atoms with E-state index in [4.69, 9.17) is 40.9 Å². The van der Waals surface area contributed by atoms with Gasteiger partial charge in [-0.1, -0.05) is 0 Å². The molecule has 4 atom stereocenters. The Labute approximate surface area is 143 Å². The lowest BCUT2D eigenvalue weighted by molar-refractivity contribution is -0.162. The smallest absolute Gasteiger partial charge is 0.333 e. The number of carbonyl (C=O) groups is 6. The highest BCUT2D eigenvalue weighted by molar-refractivity contribution is 5.85. The maximum absolute atomic E-state index is 10.3. The summed E-state index contributed by atoms with van der Waals surface area (Å²) >= 11 is 0. The van der Waals surface area contributed by atoms with Gasteiger partial charge < -0.3 is 40.9 Å². The number of aliphatic carboxylic acids is 6. The number of carboxylic acids is 6. The van der Waals surface area contributed by atoms with Crippen LogP contribution in [0.15, 0.2) is 0 Å². The number of hydrogen-bond donors (Lipinski definition) is 8. The minimum absolute atomic E-state index is 0.928. The van der Waals surface area contributed by atoms with Crippen molar-refractivity contribution in [3.05, 3.63) is 0 Å². The van der Waals surface area contributed by atoms with Crippen molar-refractivity contribution in [3.8, 4) is 0 Å². The summed E-state index contributed by atoms with van der Waals surface area (Å²) in [4.78, 5) is 61.0. The van der Waals surface area contributed by atoms with Crippen LogP contribution < -0.4 is 0 Å².